The predicted octanol–water partition coefficient (Wildman–Crippen LogP) is 3.84. The van der Waals surface area contributed by atoms with Gasteiger partial charge in [0.15, 0.2) is 0 Å². The zero-order chi connectivity index (χ0) is 14.7. The first-order chi connectivity index (χ1) is 9.47. The first kappa shape index (κ1) is 15.7. The summed E-state index contributed by atoms with van der Waals surface area (Å²) in [6.45, 7) is 0. The summed E-state index contributed by atoms with van der Waals surface area (Å²) < 4.78 is 1.59. The van der Waals surface area contributed by atoms with Crippen LogP contribution in [0.1, 0.15) is 20.0 Å². The van der Waals surface area contributed by atoms with E-state index < -0.39 is 5.91 Å². The number of halogens is 3. The van der Waals surface area contributed by atoms with Gasteiger partial charge in [0.25, 0.3) is 11.8 Å². The summed E-state index contributed by atoms with van der Waals surface area (Å²) in [6, 6.07) is 8.41. The van der Waals surface area contributed by atoms with Crippen LogP contribution < -0.4 is 10.9 Å². The van der Waals surface area contributed by atoms with Crippen molar-refractivity contribution in [3.63, 3.8) is 0 Å². The van der Waals surface area contributed by atoms with E-state index in [2.05, 4.69) is 26.8 Å². The SMILES string of the molecule is O=C(NNC(=O)c1cc(Cl)ccc1I)c1ccc(Br)s1. The highest BCUT2D eigenvalue weighted by Crippen LogP contribution is 2.21. The number of hydrogen-bond donors (Lipinski definition) is 2. The van der Waals surface area contributed by atoms with Gasteiger partial charge in [-0.15, -0.1) is 11.3 Å². The van der Waals surface area contributed by atoms with Gasteiger partial charge in [0.05, 0.1) is 14.2 Å². The van der Waals surface area contributed by atoms with Gasteiger partial charge in [-0.25, -0.2) is 0 Å². The molecule has 2 amide bonds. The highest BCUT2D eigenvalue weighted by molar-refractivity contribution is 14.1. The molecule has 1 heterocycles. The largest absolute Gasteiger partial charge is 0.279 e. The summed E-state index contributed by atoms with van der Waals surface area (Å²) in [7, 11) is 0. The molecule has 0 fully saturated rings. The average molecular weight is 486 g/mol. The van der Waals surface area contributed by atoms with Gasteiger partial charge >= 0.3 is 0 Å². The predicted molar refractivity (Wildman–Crippen MR) is 91.1 cm³/mol. The fourth-order valence-corrected chi connectivity index (χ4v) is 3.38. The Labute approximate surface area is 146 Å². The van der Waals surface area contributed by atoms with Gasteiger partial charge in [-0.3, -0.25) is 20.4 Å². The molecule has 104 valence electrons. The van der Waals surface area contributed by atoms with Crippen LogP contribution in [0.15, 0.2) is 34.1 Å². The highest BCUT2D eigenvalue weighted by atomic mass is 127. The van der Waals surface area contributed by atoms with Gasteiger partial charge in [-0.05, 0) is 68.9 Å². The van der Waals surface area contributed by atoms with Crippen molar-refractivity contribution in [3.8, 4) is 0 Å². The molecule has 2 aromatic rings. The Kier molecular flexibility index (Phi) is 5.42. The van der Waals surface area contributed by atoms with Gasteiger partial charge in [0.1, 0.15) is 0 Å². The lowest BCUT2D eigenvalue weighted by Crippen LogP contribution is -2.41. The second kappa shape index (κ2) is 6.88. The molecule has 0 aliphatic carbocycles. The Hall–Kier alpha value is -0.640. The summed E-state index contributed by atoms with van der Waals surface area (Å²) in [4.78, 5) is 24.2. The first-order valence-electron chi connectivity index (χ1n) is 5.28. The fraction of sp³-hybridized carbons (Fsp3) is 0. The molecule has 0 saturated heterocycles. The summed E-state index contributed by atoms with van der Waals surface area (Å²) in [5.74, 6) is -0.785. The maximum atomic E-state index is 12.0. The number of carbonyl (C=O) groups is 2. The smallest absolute Gasteiger partial charge is 0.267 e. The minimum Gasteiger partial charge on any atom is -0.267 e. The minimum absolute atomic E-state index is 0.369. The van der Waals surface area contributed by atoms with Crippen LogP contribution in [0.3, 0.4) is 0 Å². The van der Waals surface area contributed by atoms with Crippen molar-refractivity contribution in [2.45, 2.75) is 0 Å². The number of nitrogens with one attached hydrogen (secondary N) is 2. The van der Waals surface area contributed by atoms with Crippen LogP contribution in [0.5, 0.6) is 0 Å². The summed E-state index contributed by atoms with van der Waals surface area (Å²) in [6.07, 6.45) is 0. The van der Waals surface area contributed by atoms with Crippen molar-refractivity contribution in [1.29, 1.82) is 0 Å². The van der Waals surface area contributed by atoms with Gasteiger partial charge in [-0.1, -0.05) is 11.6 Å². The van der Waals surface area contributed by atoms with E-state index in [9.17, 15) is 9.59 Å². The van der Waals surface area contributed by atoms with Gasteiger partial charge in [-0.2, -0.15) is 0 Å². The fourth-order valence-electron chi connectivity index (χ4n) is 1.35. The molecule has 0 spiro atoms. The quantitative estimate of drug-likeness (QED) is 0.502. The van der Waals surface area contributed by atoms with Crippen LogP contribution in [0, 0.1) is 3.57 Å². The standard InChI is InChI=1S/C12H7BrClIN2O2S/c13-10-4-3-9(20-10)12(19)17-16-11(18)7-5-6(14)1-2-8(7)15/h1-5H,(H,16,18)(H,17,19). The Bertz CT molecular complexity index is 677. The summed E-state index contributed by atoms with van der Waals surface area (Å²) in [5.41, 5.74) is 5.13. The van der Waals surface area contributed by atoms with Crippen LogP contribution >= 0.6 is 61.5 Å². The molecule has 1 aromatic carbocycles. The third-order valence-corrected chi connectivity index (χ3v) is 5.06. The summed E-state index contributed by atoms with van der Waals surface area (Å²) >= 11 is 12.4. The van der Waals surface area contributed by atoms with E-state index in [0.29, 0.717) is 15.5 Å². The monoisotopic (exact) mass is 484 g/mol. The molecule has 20 heavy (non-hydrogen) atoms. The second-order valence-electron chi connectivity index (χ2n) is 3.64. The Morgan fingerprint density at radius 1 is 1.15 bits per heavy atom. The van der Waals surface area contributed by atoms with E-state index in [1.54, 1.807) is 30.3 Å². The molecular weight excluding hydrogens is 478 g/mol. The lowest BCUT2D eigenvalue weighted by atomic mass is 10.2. The molecule has 0 aliphatic heterocycles. The molecule has 0 saturated carbocycles. The average Bonchev–Trinajstić information content (AvgIpc) is 2.85. The van der Waals surface area contributed by atoms with Gasteiger partial charge < -0.3 is 0 Å². The number of amides is 2. The van der Waals surface area contributed by atoms with Crippen molar-refractivity contribution in [2.24, 2.45) is 0 Å². The van der Waals surface area contributed by atoms with Crippen LogP contribution in [0.2, 0.25) is 5.02 Å². The van der Waals surface area contributed by atoms with E-state index in [1.807, 2.05) is 22.6 Å². The van der Waals surface area contributed by atoms with Crippen molar-refractivity contribution in [3.05, 3.63) is 53.2 Å². The topological polar surface area (TPSA) is 58.2 Å². The van der Waals surface area contributed by atoms with E-state index in [0.717, 1.165) is 7.36 Å². The van der Waals surface area contributed by atoms with Crippen molar-refractivity contribution >= 4 is 73.3 Å². The molecule has 2 rings (SSSR count). The number of thiophene rings is 1. The Balaban J connectivity index is 2.02. The Morgan fingerprint density at radius 2 is 1.85 bits per heavy atom. The maximum Gasteiger partial charge on any atom is 0.279 e. The molecular formula is C12H7BrClIN2O2S. The maximum absolute atomic E-state index is 12.0. The lowest BCUT2D eigenvalue weighted by molar-refractivity contribution is 0.0848. The number of carbonyl (C=O) groups excluding carboxylic acids is 2. The minimum atomic E-state index is -0.416. The van der Waals surface area contributed by atoms with Crippen LogP contribution in [0.25, 0.3) is 0 Å². The molecule has 0 bridgehead atoms. The number of rotatable bonds is 2. The number of hydrazine groups is 1. The third-order valence-electron chi connectivity index (χ3n) is 2.26. The van der Waals surface area contributed by atoms with Gasteiger partial charge in [0.2, 0.25) is 0 Å². The zero-order valence-corrected chi connectivity index (χ0v) is 15.1. The normalized spacial score (nSPS) is 10.2. The van der Waals surface area contributed by atoms with Crippen molar-refractivity contribution in [1.82, 2.24) is 10.9 Å². The molecule has 0 atom stereocenters. The molecule has 0 unspecified atom stereocenters. The molecule has 0 aliphatic rings. The molecule has 4 nitrogen and oxygen atoms in total. The first-order valence-corrected chi connectivity index (χ1v) is 8.35. The molecule has 2 N–H and O–H groups in total. The molecule has 8 heteroatoms. The van der Waals surface area contributed by atoms with E-state index in [-0.39, 0.29) is 5.91 Å². The summed E-state index contributed by atoms with van der Waals surface area (Å²) in [5, 5.41) is 0.462. The molecule has 1 aromatic heterocycles. The van der Waals surface area contributed by atoms with Crippen molar-refractivity contribution in [2.75, 3.05) is 0 Å². The lowest BCUT2D eigenvalue weighted by Gasteiger charge is -2.08. The number of benzene rings is 1. The highest BCUT2D eigenvalue weighted by Gasteiger charge is 2.13. The van der Waals surface area contributed by atoms with E-state index in [4.69, 9.17) is 11.6 Å². The second-order valence-corrected chi connectivity index (χ2v) is 7.70. The third kappa shape index (κ3) is 3.94. The Morgan fingerprint density at radius 3 is 2.50 bits per heavy atom. The van der Waals surface area contributed by atoms with E-state index in [1.165, 1.54) is 11.3 Å². The van der Waals surface area contributed by atoms with E-state index >= 15 is 0 Å². The van der Waals surface area contributed by atoms with Gasteiger partial charge in [0, 0.05) is 8.59 Å². The van der Waals surface area contributed by atoms with Crippen LogP contribution in [0.4, 0.5) is 0 Å². The van der Waals surface area contributed by atoms with Crippen LogP contribution in [-0.2, 0) is 0 Å². The zero-order valence-electron chi connectivity index (χ0n) is 9.75. The van der Waals surface area contributed by atoms with Crippen LogP contribution in [-0.4, -0.2) is 11.8 Å². The number of hydrogen-bond acceptors (Lipinski definition) is 3. The molecule has 0 radical (unpaired) electrons. The van der Waals surface area contributed by atoms with Crippen molar-refractivity contribution < 1.29 is 9.59 Å².